The van der Waals surface area contributed by atoms with Gasteiger partial charge in [-0.15, -0.1) is 0 Å². The Balaban J connectivity index is 2.00. The topological polar surface area (TPSA) is 15.3 Å². The van der Waals surface area contributed by atoms with E-state index >= 15 is 0 Å². The second-order valence-electron chi connectivity index (χ2n) is 5.61. The highest BCUT2D eigenvalue weighted by Crippen LogP contribution is 2.31. The third-order valence-corrected chi connectivity index (χ3v) is 3.13. The lowest BCUT2D eigenvalue weighted by Gasteiger charge is -2.28. The molecule has 1 N–H and O–H groups in total. The molecule has 1 saturated carbocycles. The lowest BCUT2D eigenvalue weighted by molar-refractivity contribution is 0.194. The van der Waals surface area contributed by atoms with Crippen molar-refractivity contribution >= 4 is 0 Å². The molecule has 1 aliphatic carbocycles. The van der Waals surface area contributed by atoms with Crippen LogP contribution in [0.4, 0.5) is 0 Å². The van der Waals surface area contributed by atoms with Crippen molar-refractivity contribution < 1.29 is 0 Å². The summed E-state index contributed by atoms with van der Waals surface area (Å²) >= 11 is 0. The van der Waals surface area contributed by atoms with Crippen molar-refractivity contribution in [1.29, 1.82) is 0 Å². The van der Waals surface area contributed by atoms with Gasteiger partial charge in [-0.2, -0.15) is 0 Å². The van der Waals surface area contributed by atoms with Crippen LogP contribution >= 0.6 is 0 Å². The van der Waals surface area contributed by atoms with Gasteiger partial charge in [0, 0.05) is 31.7 Å². The minimum atomic E-state index is 0.452. The zero-order valence-electron chi connectivity index (χ0n) is 9.14. The van der Waals surface area contributed by atoms with Crippen molar-refractivity contribution in [2.45, 2.75) is 45.7 Å². The summed E-state index contributed by atoms with van der Waals surface area (Å²) in [5, 5.41) is 3.61. The van der Waals surface area contributed by atoms with E-state index in [-0.39, 0.29) is 0 Å². The van der Waals surface area contributed by atoms with E-state index in [1.807, 2.05) is 0 Å². The van der Waals surface area contributed by atoms with Crippen LogP contribution in [0, 0.1) is 5.41 Å². The van der Waals surface area contributed by atoms with Crippen LogP contribution in [0.15, 0.2) is 0 Å². The summed E-state index contributed by atoms with van der Waals surface area (Å²) in [5.74, 6) is 0. The molecule has 2 heteroatoms. The van der Waals surface area contributed by atoms with Crippen molar-refractivity contribution in [3.05, 3.63) is 0 Å². The Morgan fingerprint density at radius 1 is 1.31 bits per heavy atom. The number of hydrogen-bond donors (Lipinski definition) is 1. The second kappa shape index (κ2) is 3.25. The van der Waals surface area contributed by atoms with E-state index in [4.69, 9.17) is 0 Å². The molecule has 0 amide bonds. The quantitative estimate of drug-likeness (QED) is 0.660. The predicted molar refractivity (Wildman–Crippen MR) is 55.8 cm³/mol. The molecule has 0 radical (unpaired) electrons. The summed E-state index contributed by atoms with van der Waals surface area (Å²) in [6.45, 7) is 10.7. The van der Waals surface area contributed by atoms with Crippen LogP contribution in [0.25, 0.3) is 0 Å². The van der Waals surface area contributed by atoms with Crippen molar-refractivity contribution in [3.8, 4) is 0 Å². The van der Waals surface area contributed by atoms with Crippen molar-refractivity contribution in [2.75, 3.05) is 19.6 Å². The van der Waals surface area contributed by atoms with Gasteiger partial charge in [0.15, 0.2) is 0 Å². The highest BCUT2D eigenvalue weighted by molar-refractivity contribution is 4.92. The van der Waals surface area contributed by atoms with Gasteiger partial charge in [0.1, 0.15) is 0 Å². The second-order valence-corrected chi connectivity index (χ2v) is 5.61. The van der Waals surface area contributed by atoms with Gasteiger partial charge in [0.25, 0.3) is 0 Å². The molecule has 76 valence electrons. The van der Waals surface area contributed by atoms with Crippen LogP contribution in [-0.4, -0.2) is 36.6 Å². The van der Waals surface area contributed by atoms with Crippen LogP contribution in [0.5, 0.6) is 0 Å². The fraction of sp³-hybridized carbons (Fsp3) is 1.00. The highest BCUT2D eigenvalue weighted by atomic mass is 15.2. The molecule has 2 aliphatic rings. The Kier molecular flexibility index (Phi) is 2.37. The summed E-state index contributed by atoms with van der Waals surface area (Å²) in [5.41, 5.74) is 0.452. The minimum Gasteiger partial charge on any atom is -0.312 e. The van der Waals surface area contributed by atoms with Crippen LogP contribution in [-0.2, 0) is 0 Å². The van der Waals surface area contributed by atoms with Gasteiger partial charge in [0.05, 0.1) is 0 Å². The molecule has 0 aromatic carbocycles. The molecule has 1 unspecified atom stereocenters. The zero-order chi connectivity index (χ0) is 9.47. The average Bonchev–Trinajstić information content (AvgIpc) is 2.79. The Hall–Kier alpha value is -0.0800. The van der Waals surface area contributed by atoms with Crippen molar-refractivity contribution in [3.63, 3.8) is 0 Å². The van der Waals surface area contributed by atoms with E-state index in [0.717, 1.165) is 12.6 Å². The van der Waals surface area contributed by atoms with Crippen LogP contribution in [0.2, 0.25) is 0 Å². The van der Waals surface area contributed by atoms with Gasteiger partial charge in [-0.05, 0) is 25.2 Å². The van der Waals surface area contributed by atoms with E-state index in [1.165, 1.54) is 25.9 Å². The summed E-state index contributed by atoms with van der Waals surface area (Å²) in [6, 6.07) is 1.59. The Morgan fingerprint density at radius 2 is 2.00 bits per heavy atom. The van der Waals surface area contributed by atoms with Crippen molar-refractivity contribution in [2.24, 2.45) is 5.41 Å². The van der Waals surface area contributed by atoms with Gasteiger partial charge in [-0.1, -0.05) is 13.8 Å². The molecule has 0 aromatic rings. The monoisotopic (exact) mass is 182 g/mol. The van der Waals surface area contributed by atoms with Gasteiger partial charge in [-0.3, -0.25) is 4.90 Å². The standard InChI is InChI=1S/C11H22N2/c1-9-6-13(10-4-5-10)8-11(2,3)7-12-9/h9-10,12H,4-8H2,1-3H3. The normalized spacial score (nSPS) is 35.8. The maximum atomic E-state index is 3.61. The Bertz CT molecular complexity index is 185. The van der Waals surface area contributed by atoms with E-state index in [0.29, 0.717) is 11.5 Å². The Labute approximate surface area is 81.7 Å². The maximum absolute atomic E-state index is 3.61. The maximum Gasteiger partial charge on any atom is 0.0167 e. The smallest absolute Gasteiger partial charge is 0.0167 e. The highest BCUT2D eigenvalue weighted by Gasteiger charge is 2.35. The van der Waals surface area contributed by atoms with Crippen LogP contribution in [0.1, 0.15) is 33.6 Å². The molecule has 1 heterocycles. The number of nitrogens with one attached hydrogen (secondary N) is 1. The lowest BCUT2D eigenvalue weighted by atomic mass is 9.93. The summed E-state index contributed by atoms with van der Waals surface area (Å²) < 4.78 is 0. The van der Waals surface area contributed by atoms with Gasteiger partial charge in [-0.25, -0.2) is 0 Å². The predicted octanol–water partition coefficient (Wildman–Crippen LogP) is 1.47. The first-order chi connectivity index (χ1) is 6.07. The molecule has 0 aromatic heterocycles. The molecule has 13 heavy (non-hydrogen) atoms. The van der Waals surface area contributed by atoms with E-state index < -0.39 is 0 Å². The molecule has 1 aliphatic heterocycles. The summed E-state index contributed by atoms with van der Waals surface area (Å²) in [4.78, 5) is 2.69. The SMILES string of the molecule is CC1CN(C2CC2)CC(C)(C)CN1. The van der Waals surface area contributed by atoms with Gasteiger partial charge in [0.2, 0.25) is 0 Å². The zero-order valence-corrected chi connectivity index (χ0v) is 9.14. The van der Waals surface area contributed by atoms with Gasteiger partial charge < -0.3 is 5.32 Å². The molecule has 1 atom stereocenters. The number of hydrogen-bond acceptors (Lipinski definition) is 2. The van der Waals surface area contributed by atoms with Crippen molar-refractivity contribution in [1.82, 2.24) is 10.2 Å². The number of nitrogens with zero attached hydrogens (tertiary/aromatic N) is 1. The van der Waals surface area contributed by atoms with E-state index in [9.17, 15) is 0 Å². The van der Waals surface area contributed by atoms with E-state index in [1.54, 1.807) is 0 Å². The molecule has 2 rings (SSSR count). The molecule has 0 spiro atoms. The molecule has 2 fully saturated rings. The molecule has 2 nitrogen and oxygen atoms in total. The third kappa shape index (κ3) is 2.44. The van der Waals surface area contributed by atoms with Gasteiger partial charge >= 0.3 is 0 Å². The summed E-state index contributed by atoms with van der Waals surface area (Å²) in [6.07, 6.45) is 2.87. The molecule has 0 bridgehead atoms. The fourth-order valence-corrected chi connectivity index (χ4v) is 2.25. The van der Waals surface area contributed by atoms with Crippen LogP contribution < -0.4 is 5.32 Å². The number of rotatable bonds is 1. The average molecular weight is 182 g/mol. The largest absolute Gasteiger partial charge is 0.312 e. The fourth-order valence-electron chi connectivity index (χ4n) is 2.25. The first-order valence-electron chi connectivity index (χ1n) is 5.54. The first-order valence-corrected chi connectivity index (χ1v) is 5.54. The van der Waals surface area contributed by atoms with Crippen LogP contribution in [0.3, 0.4) is 0 Å². The third-order valence-electron chi connectivity index (χ3n) is 3.13. The first kappa shape index (κ1) is 9.47. The molecular weight excluding hydrogens is 160 g/mol. The molecule has 1 saturated heterocycles. The Morgan fingerprint density at radius 3 is 2.62 bits per heavy atom. The van der Waals surface area contributed by atoms with E-state index in [2.05, 4.69) is 31.0 Å². The summed E-state index contributed by atoms with van der Waals surface area (Å²) in [7, 11) is 0. The minimum absolute atomic E-state index is 0.452. The lowest BCUT2D eigenvalue weighted by Crippen LogP contribution is -2.37. The molecular formula is C11H22N2.